The fourth-order valence-corrected chi connectivity index (χ4v) is 2.76. The first-order valence-electron chi connectivity index (χ1n) is 8.82. The summed E-state index contributed by atoms with van der Waals surface area (Å²) in [7, 11) is 1.67. The molecule has 3 aromatic heterocycles. The lowest BCUT2D eigenvalue weighted by Crippen LogP contribution is -2.21. The topological polar surface area (TPSA) is 88.3 Å². The number of unbranched alkanes of at least 4 members (excludes halogenated alkanes) is 3. The molecule has 0 aliphatic carbocycles. The molecule has 8 heteroatoms. The molecule has 0 aromatic carbocycles. The van der Waals surface area contributed by atoms with Crippen LogP contribution in [0.2, 0.25) is 0 Å². The number of hydrogen-bond donors (Lipinski definition) is 1. The lowest BCUT2D eigenvalue weighted by Gasteiger charge is -2.22. The largest absolute Gasteiger partial charge is 0.359 e. The maximum absolute atomic E-state index is 11.3. The predicted molar refractivity (Wildman–Crippen MR) is 99.2 cm³/mol. The Kier molecular flexibility index (Phi) is 6.08. The molecule has 0 saturated heterocycles. The van der Waals surface area contributed by atoms with E-state index in [1.807, 2.05) is 18.3 Å². The second kappa shape index (κ2) is 8.89. The Hall–Kier alpha value is -3.03. The quantitative estimate of drug-likeness (QED) is 0.594. The lowest BCUT2D eigenvalue weighted by molar-refractivity contribution is -0.120. The van der Waals surface area contributed by atoms with Gasteiger partial charge in [0.05, 0.1) is 6.20 Å². The monoisotopic (exact) mass is 353 g/mol. The molecule has 3 aromatic rings. The van der Waals surface area contributed by atoms with Crippen LogP contribution in [0.25, 0.3) is 5.65 Å². The van der Waals surface area contributed by atoms with Crippen molar-refractivity contribution in [2.24, 2.45) is 0 Å². The van der Waals surface area contributed by atoms with Crippen LogP contribution in [0.3, 0.4) is 0 Å². The fourth-order valence-electron chi connectivity index (χ4n) is 2.76. The van der Waals surface area contributed by atoms with Gasteiger partial charge in [-0.25, -0.2) is 14.5 Å². The van der Waals surface area contributed by atoms with E-state index in [-0.39, 0.29) is 5.91 Å². The van der Waals surface area contributed by atoms with Crippen LogP contribution in [0.15, 0.2) is 43.1 Å². The molecule has 0 spiro atoms. The van der Waals surface area contributed by atoms with Gasteiger partial charge in [-0.2, -0.15) is 0 Å². The first-order chi connectivity index (χ1) is 12.8. The zero-order chi connectivity index (χ0) is 18.2. The molecule has 0 atom stereocenters. The number of amides is 1. The van der Waals surface area contributed by atoms with Crippen LogP contribution < -0.4 is 10.2 Å². The first-order valence-corrected chi connectivity index (χ1v) is 8.82. The van der Waals surface area contributed by atoms with Crippen molar-refractivity contribution >= 4 is 23.2 Å². The number of hydrogen-bond acceptors (Lipinski definition) is 6. The van der Waals surface area contributed by atoms with E-state index in [9.17, 15) is 4.79 Å². The second-order valence-electron chi connectivity index (χ2n) is 5.97. The van der Waals surface area contributed by atoms with Gasteiger partial charge in [0.25, 0.3) is 0 Å². The first kappa shape index (κ1) is 17.8. The molecule has 3 rings (SSSR count). The Bertz CT molecular complexity index is 834. The molecule has 0 fully saturated rings. The summed E-state index contributed by atoms with van der Waals surface area (Å²) in [5.74, 6) is 1.68. The molecule has 1 amide bonds. The maximum atomic E-state index is 11.3. The van der Waals surface area contributed by atoms with Crippen molar-refractivity contribution in [3.05, 3.63) is 43.1 Å². The Balaban J connectivity index is 1.64. The van der Waals surface area contributed by atoms with Gasteiger partial charge in [-0.1, -0.05) is 12.8 Å². The minimum atomic E-state index is 0.101. The number of fused-ring (bicyclic) bond motifs is 1. The van der Waals surface area contributed by atoms with E-state index in [0.29, 0.717) is 6.42 Å². The molecule has 0 unspecified atom stereocenters. The maximum Gasteiger partial charge on any atom is 0.219 e. The molecule has 0 aliphatic heterocycles. The Morgan fingerprint density at radius 3 is 2.77 bits per heavy atom. The van der Waals surface area contributed by atoms with Crippen LogP contribution in [0, 0.1) is 0 Å². The average Bonchev–Trinajstić information content (AvgIpc) is 3.15. The third kappa shape index (κ3) is 4.53. The molecule has 1 N–H and O–H groups in total. The highest BCUT2D eigenvalue weighted by atomic mass is 16.1. The molecule has 136 valence electrons. The zero-order valence-corrected chi connectivity index (χ0v) is 14.9. The van der Waals surface area contributed by atoms with Crippen LogP contribution >= 0.6 is 0 Å². The third-order valence-corrected chi connectivity index (χ3v) is 4.16. The summed E-state index contributed by atoms with van der Waals surface area (Å²) in [5.41, 5.74) is 0.807. The summed E-state index contributed by atoms with van der Waals surface area (Å²) >= 11 is 0. The Morgan fingerprint density at radius 1 is 1.08 bits per heavy atom. The summed E-state index contributed by atoms with van der Waals surface area (Å²) in [5, 5.41) is 7.27. The van der Waals surface area contributed by atoms with Gasteiger partial charge in [0, 0.05) is 44.8 Å². The van der Waals surface area contributed by atoms with E-state index in [0.717, 1.165) is 49.5 Å². The van der Waals surface area contributed by atoms with Gasteiger partial charge >= 0.3 is 0 Å². The van der Waals surface area contributed by atoms with Crippen molar-refractivity contribution in [3.63, 3.8) is 0 Å². The fraction of sp³-hybridized carbons (Fsp3) is 0.389. The molecule has 0 aliphatic rings. The SMILES string of the molecule is CNC(=O)CCCCCCN(c1cnccn1)c1ccc2nccn2n1. The summed E-state index contributed by atoms with van der Waals surface area (Å²) < 4.78 is 1.75. The minimum Gasteiger partial charge on any atom is -0.359 e. The van der Waals surface area contributed by atoms with E-state index < -0.39 is 0 Å². The smallest absolute Gasteiger partial charge is 0.219 e. The van der Waals surface area contributed by atoms with E-state index in [4.69, 9.17) is 0 Å². The third-order valence-electron chi connectivity index (χ3n) is 4.16. The van der Waals surface area contributed by atoms with Gasteiger partial charge in [0.15, 0.2) is 17.3 Å². The highest BCUT2D eigenvalue weighted by Gasteiger charge is 2.13. The van der Waals surface area contributed by atoms with Crippen LogP contribution in [0.5, 0.6) is 0 Å². The standard InChI is InChI=1S/C18H23N7O/c1-19-18(26)6-4-2-3-5-12-24(17-14-20-9-10-21-17)16-8-7-15-22-11-13-25(15)23-16/h7-11,13-14H,2-6,12H2,1H3,(H,19,26). The van der Waals surface area contributed by atoms with Crippen molar-refractivity contribution < 1.29 is 4.79 Å². The summed E-state index contributed by atoms with van der Waals surface area (Å²) in [4.78, 5) is 26.1. The molecule has 8 nitrogen and oxygen atoms in total. The van der Waals surface area contributed by atoms with Gasteiger partial charge < -0.3 is 10.2 Å². The normalized spacial score (nSPS) is 10.8. The van der Waals surface area contributed by atoms with E-state index in [1.165, 1.54) is 0 Å². The molecule has 3 heterocycles. The molecule has 0 radical (unpaired) electrons. The number of nitrogens with one attached hydrogen (secondary N) is 1. The minimum absolute atomic E-state index is 0.101. The van der Waals surface area contributed by atoms with Crippen molar-refractivity contribution in [2.45, 2.75) is 32.1 Å². The summed E-state index contributed by atoms with van der Waals surface area (Å²) in [6, 6.07) is 3.89. The van der Waals surface area contributed by atoms with Gasteiger partial charge in [0.1, 0.15) is 0 Å². The van der Waals surface area contributed by atoms with Crippen LogP contribution in [-0.4, -0.2) is 44.1 Å². The highest BCUT2D eigenvalue weighted by Crippen LogP contribution is 2.21. The van der Waals surface area contributed by atoms with E-state index >= 15 is 0 Å². The van der Waals surface area contributed by atoms with Crippen molar-refractivity contribution in [1.29, 1.82) is 0 Å². The molecule has 26 heavy (non-hydrogen) atoms. The summed E-state index contributed by atoms with van der Waals surface area (Å²) in [6.45, 7) is 0.784. The zero-order valence-electron chi connectivity index (χ0n) is 14.9. The van der Waals surface area contributed by atoms with Crippen LogP contribution in [0.1, 0.15) is 32.1 Å². The van der Waals surface area contributed by atoms with E-state index in [1.54, 1.807) is 36.4 Å². The molecule has 0 saturated carbocycles. The second-order valence-corrected chi connectivity index (χ2v) is 5.97. The number of rotatable bonds is 9. The number of aromatic nitrogens is 5. The average molecular weight is 353 g/mol. The number of anilines is 2. The Labute approximate surface area is 152 Å². The number of imidazole rings is 1. The molecular formula is C18H23N7O. The van der Waals surface area contributed by atoms with Crippen molar-refractivity contribution in [3.8, 4) is 0 Å². The Morgan fingerprint density at radius 2 is 1.96 bits per heavy atom. The van der Waals surface area contributed by atoms with Crippen LogP contribution in [0.4, 0.5) is 11.6 Å². The van der Waals surface area contributed by atoms with Crippen LogP contribution in [-0.2, 0) is 4.79 Å². The predicted octanol–water partition coefficient (Wildman–Crippen LogP) is 2.35. The van der Waals surface area contributed by atoms with Gasteiger partial charge in [-0.15, -0.1) is 5.10 Å². The van der Waals surface area contributed by atoms with Crippen molar-refractivity contribution in [1.82, 2.24) is 29.9 Å². The molecular weight excluding hydrogens is 330 g/mol. The van der Waals surface area contributed by atoms with Gasteiger partial charge in [0.2, 0.25) is 5.91 Å². The lowest BCUT2D eigenvalue weighted by atomic mass is 10.1. The summed E-state index contributed by atoms with van der Waals surface area (Å²) in [6.07, 6.45) is 13.2. The van der Waals surface area contributed by atoms with Crippen molar-refractivity contribution in [2.75, 3.05) is 18.5 Å². The number of nitrogens with zero attached hydrogens (tertiary/aromatic N) is 6. The number of carbonyl (C=O) groups excluding carboxylic acids is 1. The number of carbonyl (C=O) groups is 1. The highest BCUT2D eigenvalue weighted by molar-refractivity contribution is 5.75. The molecule has 0 bridgehead atoms. The van der Waals surface area contributed by atoms with Gasteiger partial charge in [-0.3, -0.25) is 9.78 Å². The van der Waals surface area contributed by atoms with E-state index in [2.05, 4.69) is 30.3 Å². The van der Waals surface area contributed by atoms with Gasteiger partial charge in [-0.05, 0) is 25.0 Å².